The molecule has 1 unspecified atom stereocenters. The van der Waals surface area contributed by atoms with Gasteiger partial charge in [-0.05, 0) is 32.6 Å². The first-order valence-electron chi connectivity index (χ1n) is 7.40. The summed E-state index contributed by atoms with van der Waals surface area (Å²) in [4.78, 5) is 11.8. The number of ether oxygens (including phenoxy) is 1. The van der Waals surface area contributed by atoms with E-state index in [0.29, 0.717) is 5.57 Å². The van der Waals surface area contributed by atoms with Gasteiger partial charge in [0.05, 0.1) is 0 Å². The van der Waals surface area contributed by atoms with Gasteiger partial charge in [-0.2, -0.15) is 0 Å². The highest BCUT2D eigenvalue weighted by Gasteiger charge is 2.31. The molecule has 0 radical (unpaired) electrons. The molecule has 2 heteroatoms. The molecule has 0 bridgehead atoms. The summed E-state index contributed by atoms with van der Waals surface area (Å²) in [5, 5.41) is 0. The van der Waals surface area contributed by atoms with Crippen molar-refractivity contribution in [3.63, 3.8) is 0 Å². The summed E-state index contributed by atoms with van der Waals surface area (Å²) < 4.78 is 5.73. The maximum Gasteiger partial charge on any atom is 0.333 e. The summed E-state index contributed by atoms with van der Waals surface area (Å²) in [6.45, 7) is 11.8. The van der Waals surface area contributed by atoms with Gasteiger partial charge in [0, 0.05) is 5.57 Å². The summed E-state index contributed by atoms with van der Waals surface area (Å²) in [5.74, 6) is -0.235. The SMILES string of the molecule is C=C(C)C(=O)OC(CC)(CCC)CCCCCC. The molecule has 18 heavy (non-hydrogen) atoms. The van der Waals surface area contributed by atoms with Crippen LogP contribution >= 0.6 is 0 Å². The second-order valence-electron chi connectivity index (χ2n) is 5.27. The van der Waals surface area contributed by atoms with Gasteiger partial charge in [0.15, 0.2) is 0 Å². The van der Waals surface area contributed by atoms with Crippen molar-refractivity contribution in [2.45, 2.75) is 84.7 Å². The number of hydrogen-bond acceptors (Lipinski definition) is 2. The first-order chi connectivity index (χ1) is 8.51. The Morgan fingerprint density at radius 2 is 1.72 bits per heavy atom. The molecule has 0 saturated carbocycles. The lowest BCUT2D eigenvalue weighted by Crippen LogP contribution is -2.34. The molecule has 2 nitrogen and oxygen atoms in total. The molecular weight excluding hydrogens is 224 g/mol. The van der Waals surface area contributed by atoms with Gasteiger partial charge in [0.25, 0.3) is 0 Å². The third kappa shape index (κ3) is 6.23. The highest BCUT2D eigenvalue weighted by molar-refractivity contribution is 5.87. The van der Waals surface area contributed by atoms with Crippen molar-refractivity contribution in [3.05, 3.63) is 12.2 Å². The van der Waals surface area contributed by atoms with Gasteiger partial charge >= 0.3 is 5.97 Å². The van der Waals surface area contributed by atoms with Crippen LogP contribution in [0.15, 0.2) is 12.2 Å². The molecule has 0 fully saturated rings. The van der Waals surface area contributed by atoms with Crippen molar-refractivity contribution < 1.29 is 9.53 Å². The van der Waals surface area contributed by atoms with Crippen LogP contribution in [0, 0.1) is 0 Å². The fraction of sp³-hybridized carbons (Fsp3) is 0.812. The zero-order chi connectivity index (χ0) is 14.0. The zero-order valence-corrected chi connectivity index (χ0v) is 12.7. The van der Waals surface area contributed by atoms with Gasteiger partial charge in [-0.25, -0.2) is 4.79 Å². The van der Waals surface area contributed by atoms with Crippen LogP contribution in [0.25, 0.3) is 0 Å². The molecule has 0 aliphatic heterocycles. The average molecular weight is 254 g/mol. The Balaban J connectivity index is 4.49. The molecule has 0 spiro atoms. The molecule has 0 aromatic heterocycles. The summed E-state index contributed by atoms with van der Waals surface area (Å²) in [7, 11) is 0. The third-order valence-electron chi connectivity index (χ3n) is 3.49. The van der Waals surface area contributed by atoms with Crippen molar-refractivity contribution in [2.75, 3.05) is 0 Å². The Bertz CT molecular complexity index is 258. The molecular formula is C16H30O2. The molecule has 0 aliphatic rings. The average Bonchev–Trinajstić information content (AvgIpc) is 2.34. The van der Waals surface area contributed by atoms with Crippen LogP contribution in [0.4, 0.5) is 0 Å². The molecule has 0 aromatic carbocycles. The van der Waals surface area contributed by atoms with Gasteiger partial charge < -0.3 is 4.74 Å². The number of rotatable bonds is 10. The summed E-state index contributed by atoms with van der Waals surface area (Å²) in [6.07, 6.45) is 8.75. The lowest BCUT2D eigenvalue weighted by molar-refractivity contribution is -0.157. The zero-order valence-electron chi connectivity index (χ0n) is 12.7. The normalized spacial score (nSPS) is 14.0. The maximum atomic E-state index is 11.8. The van der Waals surface area contributed by atoms with Crippen LogP contribution in [0.2, 0.25) is 0 Å². The van der Waals surface area contributed by atoms with E-state index < -0.39 is 0 Å². The van der Waals surface area contributed by atoms with Crippen LogP contribution in [0.5, 0.6) is 0 Å². The monoisotopic (exact) mass is 254 g/mol. The maximum absolute atomic E-state index is 11.8. The van der Waals surface area contributed by atoms with E-state index in [2.05, 4.69) is 27.4 Å². The highest BCUT2D eigenvalue weighted by Crippen LogP contribution is 2.30. The van der Waals surface area contributed by atoms with Crippen LogP contribution in [0.3, 0.4) is 0 Å². The van der Waals surface area contributed by atoms with Gasteiger partial charge in [0.1, 0.15) is 5.60 Å². The van der Waals surface area contributed by atoms with Crippen molar-refractivity contribution >= 4 is 5.97 Å². The van der Waals surface area contributed by atoms with Crippen molar-refractivity contribution in [3.8, 4) is 0 Å². The smallest absolute Gasteiger partial charge is 0.333 e. The molecule has 1 atom stereocenters. The standard InChI is InChI=1S/C16H30O2/c1-6-9-10-11-13-16(8-3,12-7-2)18-15(17)14(4)5/h4,6-13H2,1-3,5H3. The van der Waals surface area contributed by atoms with Gasteiger partial charge in [0.2, 0.25) is 0 Å². The van der Waals surface area contributed by atoms with E-state index in [1.807, 2.05) is 0 Å². The molecule has 0 N–H and O–H groups in total. The van der Waals surface area contributed by atoms with E-state index >= 15 is 0 Å². The topological polar surface area (TPSA) is 26.3 Å². The number of esters is 1. The Morgan fingerprint density at radius 1 is 1.06 bits per heavy atom. The second-order valence-corrected chi connectivity index (χ2v) is 5.27. The minimum atomic E-state index is -0.265. The van der Waals surface area contributed by atoms with Crippen LogP contribution in [-0.2, 0) is 9.53 Å². The molecule has 106 valence electrons. The Kier molecular flexibility index (Phi) is 8.78. The number of hydrogen-bond donors (Lipinski definition) is 0. The van der Waals surface area contributed by atoms with E-state index in [-0.39, 0.29) is 11.6 Å². The molecule has 0 heterocycles. The molecule has 0 aliphatic carbocycles. The predicted molar refractivity (Wildman–Crippen MR) is 77.6 cm³/mol. The van der Waals surface area contributed by atoms with E-state index in [1.165, 1.54) is 19.3 Å². The van der Waals surface area contributed by atoms with Crippen molar-refractivity contribution in [1.29, 1.82) is 0 Å². The van der Waals surface area contributed by atoms with Crippen molar-refractivity contribution in [1.82, 2.24) is 0 Å². The molecule has 0 aromatic rings. The van der Waals surface area contributed by atoms with Crippen LogP contribution in [0.1, 0.15) is 79.1 Å². The lowest BCUT2D eigenvalue weighted by atomic mass is 9.88. The number of carbonyl (C=O) groups is 1. The van der Waals surface area contributed by atoms with Crippen LogP contribution in [-0.4, -0.2) is 11.6 Å². The lowest BCUT2D eigenvalue weighted by Gasteiger charge is -2.32. The summed E-state index contributed by atoms with van der Waals surface area (Å²) >= 11 is 0. The van der Waals surface area contributed by atoms with Crippen LogP contribution < -0.4 is 0 Å². The van der Waals surface area contributed by atoms with Gasteiger partial charge in [-0.15, -0.1) is 0 Å². The fourth-order valence-corrected chi connectivity index (χ4v) is 2.27. The fourth-order valence-electron chi connectivity index (χ4n) is 2.27. The highest BCUT2D eigenvalue weighted by atomic mass is 16.6. The van der Waals surface area contributed by atoms with E-state index in [0.717, 1.165) is 32.1 Å². The van der Waals surface area contributed by atoms with Crippen molar-refractivity contribution in [2.24, 2.45) is 0 Å². The second kappa shape index (κ2) is 9.18. The van der Waals surface area contributed by atoms with E-state index in [9.17, 15) is 4.79 Å². The third-order valence-corrected chi connectivity index (χ3v) is 3.49. The Morgan fingerprint density at radius 3 is 2.17 bits per heavy atom. The molecule has 0 amide bonds. The number of unbranched alkanes of at least 4 members (excludes halogenated alkanes) is 3. The molecule has 0 rings (SSSR count). The molecule has 0 saturated heterocycles. The first-order valence-corrected chi connectivity index (χ1v) is 7.40. The largest absolute Gasteiger partial charge is 0.456 e. The number of carbonyl (C=O) groups excluding carboxylic acids is 1. The summed E-state index contributed by atoms with van der Waals surface area (Å²) in [6, 6.07) is 0. The minimum Gasteiger partial charge on any atom is -0.456 e. The van der Waals surface area contributed by atoms with E-state index in [1.54, 1.807) is 6.92 Å². The van der Waals surface area contributed by atoms with E-state index in [4.69, 9.17) is 4.74 Å². The minimum absolute atomic E-state index is 0.235. The summed E-state index contributed by atoms with van der Waals surface area (Å²) in [5.41, 5.74) is 0.232. The predicted octanol–water partition coefficient (Wildman–Crippen LogP) is 5.03. The Hall–Kier alpha value is -0.790. The Labute approximate surface area is 113 Å². The quantitative estimate of drug-likeness (QED) is 0.311. The first kappa shape index (κ1) is 17.2. The van der Waals surface area contributed by atoms with Gasteiger partial charge in [-0.3, -0.25) is 0 Å². The van der Waals surface area contributed by atoms with Gasteiger partial charge in [-0.1, -0.05) is 53.0 Å².